The Bertz CT molecular complexity index is 463. The highest BCUT2D eigenvalue weighted by Crippen LogP contribution is 2.57. The molecule has 2 aliphatic rings. The smallest absolute Gasteiger partial charge is 0.223 e. The van der Waals surface area contributed by atoms with Crippen molar-refractivity contribution in [3.05, 3.63) is 35.9 Å². The Morgan fingerprint density at radius 1 is 1.30 bits per heavy atom. The highest BCUT2D eigenvalue weighted by atomic mass is 16.3. The molecule has 1 aromatic rings. The largest absolute Gasteiger partial charge is 0.391 e. The van der Waals surface area contributed by atoms with Crippen molar-refractivity contribution >= 4 is 5.91 Å². The normalized spacial score (nSPS) is 30.4. The molecular weight excluding hydrogens is 250 g/mol. The number of aliphatic hydroxyl groups is 1. The summed E-state index contributed by atoms with van der Waals surface area (Å²) in [4.78, 5) is 12.2. The lowest BCUT2D eigenvalue weighted by atomic mass is 10.0. The first kappa shape index (κ1) is 13.6. The molecule has 4 atom stereocenters. The van der Waals surface area contributed by atoms with Crippen molar-refractivity contribution in [1.29, 1.82) is 0 Å². The van der Waals surface area contributed by atoms with Crippen molar-refractivity contribution in [3.63, 3.8) is 0 Å². The van der Waals surface area contributed by atoms with Gasteiger partial charge in [-0.2, -0.15) is 0 Å². The molecule has 2 aliphatic carbocycles. The van der Waals surface area contributed by atoms with Gasteiger partial charge in [-0.1, -0.05) is 36.8 Å². The molecule has 0 saturated heterocycles. The van der Waals surface area contributed by atoms with E-state index in [0.29, 0.717) is 18.3 Å². The third-order valence-corrected chi connectivity index (χ3v) is 4.94. The molecule has 0 heterocycles. The minimum Gasteiger partial charge on any atom is -0.391 e. The Hall–Kier alpha value is -1.35. The minimum atomic E-state index is -0.528. The molecule has 3 nitrogen and oxygen atoms in total. The Labute approximate surface area is 120 Å². The van der Waals surface area contributed by atoms with E-state index in [1.54, 1.807) is 0 Å². The summed E-state index contributed by atoms with van der Waals surface area (Å²) < 4.78 is 0. The molecular formula is C17H23NO2. The Morgan fingerprint density at radius 2 is 1.95 bits per heavy atom. The molecule has 0 aromatic heterocycles. The first-order chi connectivity index (χ1) is 9.66. The number of nitrogens with one attached hydrogen (secondary N) is 1. The van der Waals surface area contributed by atoms with Crippen LogP contribution in [0, 0.1) is 17.8 Å². The van der Waals surface area contributed by atoms with E-state index in [1.807, 2.05) is 37.3 Å². The monoisotopic (exact) mass is 273 g/mol. The maximum Gasteiger partial charge on any atom is 0.223 e. The van der Waals surface area contributed by atoms with Crippen LogP contribution in [0.1, 0.15) is 31.7 Å². The average molecular weight is 273 g/mol. The number of benzene rings is 1. The summed E-state index contributed by atoms with van der Waals surface area (Å²) in [7, 11) is 0. The quantitative estimate of drug-likeness (QED) is 0.863. The fourth-order valence-corrected chi connectivity index (χ4v) is 3.66. The number of fused-ring (bicyclic) bond motifs is 1. The SMILES string of the molecule is CC(NC(=O)C1C2CCCC21)C(O)Cc1ccccc1. The van der Waals surface area contributed by atoms with Gasteiger partial charge in [-0.3, -0.25) is 4.79 Å². The number of hydrogen-bond donors (Lipinski definition) is 2. The minimum absolute atomic E-state index is 0.152. The fraction of sp³-hybridized carbons (Fsp3) is 0.588. The predicted molar refractivity (Wildman–Crippen MR) is 78.1 cm³/mol. The second-order valence-corrected chi connectivity index (χ2v) is 6.34. The molecule has 1 aromatic carbocycles. The van der Waals surface area contributed by atoms with Crippen molar-refractivity contribution < 1.29 is 9.90 Å². The van der Waals surface area contributed by atoms with Crippen LogP contribution in [-0.2, 0) is 11.2 Å². The van der Waals surface area contributed by atoms with E-state index in [-0.39, 0.29) is 17.9 Å². The van der Waals surface area contributed by atoms with Crippen LogP contribution in [0.25, 0.3) is 0 Å². The van der Waals surface area contributed by atoms with Crippen molar-refractivity contribution in [1.82, 2.24) is 5.32 Å². The molecule has 2 saturated carbocycles. The van der Waals surface area contributed by atoms with Crippen molar-refractivity contribution in [2.45, 2.75) is 44.8 Å². The van der Waals surface area contributed by atoms with Crippen LogP contribution in [0.3, 0.4) is 0 Å². The Balaban J connectivity index is 1.49. The van der Waals surface area contributed by atoms with Gasteiger partial charge in [0.25, 0.3) is 0 Å². The van der Waals surface area contributed by atoms with E-state index < -0.39 is 6.10 Å². The zero-order valence-electron chi connectivity index (χ0n) is 12.0. The van der Waals surface area contributed by atoms with Gasteiger partial charge in [0.2, 0.25) is 5.91 Å². The van der Waals surface area contributed by atoms with E-state index >= 15 is 0 Å². The highest BCUT2D eigenvalue weighted by Gasteiger charge is 2.56. The van der Waals surface area contributed by atoms with Crippen LogP contribution < -0.4 is 5.32 Å². The van der Waals surface area contributed by atoms with Crippen LogP contribution in [0.2, 0.25) is 0 Å². The predicted octanol–water partition coefficient (Wildman–Crippen LogP) is 2.14. The van der Waals surface area contributed by atoms with Gasteiger partial charge in [-0.15, -0.1) is 0 Å². The van der Waals surface area contributed by atoms with Gasteiger partial charge in [0.1, 0.15) is 0 Å². The van der Waals surface area contributed by atoms with Crippen LogP contribution in [0.4, 0.5) is 0 Å². The van der Waals surface area contributed by atoms with E-state index in [9.17, 15) is 9.90 Å². The molecule has 0 aliphatic heterocycles. The van der Waals surface area contributed by atoms with Crippen LogP contribution in [-0.4, -0.2) is 23.2 Å². The molecule has 0 bridgehead atoms. The van der Waals surface area contributed by atoms with Crippen molar-refractivity contribution in [2.75, 3.05) is 0 Å². The summed E-state index contributed by atoms with van der Waals surface area (Å²) >= 11 is 0. The van der Waals surface area contributed by atoms with Crippen LogP contribution >= 0.6 is 0 Å². The summed E-state index contributed by atoms with van der Waals surface area (Å²) in [5.74, 6) is 1.65. The first-order valence-corrected chi connectivity index (χ1v) is 7.69. The highest BCUT2D eigenvalue weighted by molar-refractivity contribution is 5.82. The number of carbonyl (C=O) groups is 1. The number of aliphatic hydroxyl groups excluding tert-OH is 1. The molecule has 108 valence electrons. The maximum absolute atomic E-state index is 12.2. The summed E-state index contributed by atoms with van der Waals surface area (Å²) in [5, 5.41) is 13.2. The van der Waals surface area contributed by atoms with E-state index in [1.165, 1.54) is 19.3 Å². The molecule has 0 spiro atoms. The topological polar surface area (TPSA) is 49.3 Å². The Morgan fingerprint density at radius 3 is 2.60 bits per heavy atom. The van der Waals surface area contributed by atoms with Gasteiger partial charge in [0.15, 0.2) is 0 Å². The first-order valence-electron chi connectivity index (χ1n) is 7.69. The maximum atomic E-state index is 12.2. The van der Waals surface area contributed by atoms with E-state index in [4.69, 9.17) is 0 Å². The lowest BCUT2D eigenvalue weighted by Crippen LogP contribution is -2.43. The molecule has 1 amide bonds. The van der Waals surface area contributed by atoms with Crippen molar-refractivity contribution in [2.24, 2.45) is 17.8 Å². The molecule has 3 heteroatoms. The zero-order valence-corrected chi connectivity index (χ0v) is 12.0. The molecule has 20 heavy (non-hydrogen) atoms. The van der Waals surface area contributed by atoms with Gasteiger partial charge in [-0.25, -0.2) is 0 Å². The second kappa shape index (κ2) is 5.57. The summed E-state index contributed by atoms with van der Waals surface area (Å²) in [5.41, 5.74) is 1.10. The Kier molecular flexibility index (Phi) is 3.79. The van der Waals surface area contributed by atoms with Gasteiger partial charge < -0.3 is 10.4 Å². The third-order valence-electron chi connectivity index (χ3n) is 4.94. The molecule has 2 N–H and O–H groups in total. The molecule has 4 unspecified atom stereocenters. The zero-order chi connectivity index (χ0) is 14.1. The summed E-state index contributed by atoms with van der Waals surface area (Å²) in [6, 6.07) is 9.72. The van der Waals surface area contributed by atoms with E-state index in [0.717, 1.165) is 5.56 Å². The van der Waals surface area contributed by atoms with E-state index in [2.05, 4.69) is 5.32 Å². The fourth-order valence-electron chi connectivity index (χ4n) is 3.66. The standard InChI is InChI=1S/C17H23NO2/c1-11(15(19)10-12-6-3-2-4-7-12)18-17(20)16-13-8-5-9-14(13)16/h2-4,6-7,11,13-16,19H,5,8-10H2,1H3,(H,18,20). The van der Waals surface area contributed by atoms with Crippen LogP contribution in [0.5, 0.6) is 0 Å². The number of amides is 1. The van der Waals surface area contributed by atoms with Crippen molar-refractivity contribution in [3.8, 4) is 0 Å². The number of rotatable bonds is 5. The summed E-state index contributed by atoms with van der Waals surface area (Å²) in [6.07, 6.45) is 3.76. The third kappa shape index (κ3) is 2.73. The van der Waals surface area contributed by atoms with Gasteiger partial charge in [-0.05, 0) is 37.2 Å². The van der Waals surface area contributed by atoms with Gasteiger partial charge >= 0.3 is 0 Å². The lowest BCUT2D eigenvalue weighted by Gasteiger charge is -2.21. The number of hydrogen-bond acceptors (Lipinski definition) is 2. The molecule has 2 fully saturated rings. The number of carbonyl (C=O) groups excluding carboxylic acids is 1. The summed E-state index contributed by atoms with van der Waals surface area (Å²) in [6.45, 7) is 1.89. The van der Waals surface area contributed by atoms with Crippen LogP contribution in [0.15, 0.2) is 30.3 Å². The average Bonchev–Trinajstić information content (AvgIpc) is 2.93. The lowest BCUT2D eigenvalue weighted by molar-refractivity contribution is -0.124. The molecule has 3 rings (SSSR count). The van der Waals surface area contributed by atoms with Gasteiger partial charge in [0.05, 0.1) is 12.1 Å². The second-order valence-electron chi connectivity index (χ2n) is 6.34. The van der Waals surface area contributed by atoms with Gasteiger partial charge in [0, 0.05) is 12.3 Å². The molecule has 0 radical (unpaired) electrons.